The van der Waals surface area contributed by atoms with E-state index < -0.39 is 24.1 Å². The van der Waals surface area contributed by atoms with E-state index in [1.54, 1.807) is 0 Å². The molecule has 8 nitrogen and oxygen atoms in total. The van der Waals surface area contributed by atoms with Gasteiger partial charge in [0.1, 0.15) is 6.61 Å². The van der Waals surface area contributed by atoms with Gasteiger partial charge in [-0.15, -0.1) is 0 Å². The molecule has 0 aliphatic heterocycles. The maximum atomic E-state index is 12.7. The first-order valence-electron chi connectivity index (χ1n) is 22.2. The van der Waals surface area contributed by atoms with Crippen molar-refractivity contribution >= 4 is 17.9 Å². The van der Waals surface area contributed by atoms with E-state index in [9.17, 15) is 19.5 Å². The molecule has 1 N–H and O–H groups in total. The molecule has 0 aromatic rings. The number of carboxylic acid groups (broad SMARTS) is 1. The van der Waals surface area contributed by atoms with Crippen LogP contribution in [-0.4, -0.2) is 80.6 Å². The summed E-state index contributed by atoms with van der Waals surface area (Å²) in [4.78, 5) is 37.0. The van der Waals surface area contributed by atoms with Gasteiger partial charge in [-0.25, -0.2) is 4.79 Å². The Hall–Kier alpha value is -4.53. The van der Waals surface area contributed by atoms with E-state index in [0.29, 0.717) is 12.8 Å². The van der Waals surface area contributed by atoms with E-state index in [0.717, 1.165) is 77.0 Å². The summed E-state index contributed by atoms with van der Waals surface area (Å²) in [6.45, 7) is 4.33. The van der Waals surface area contributed by atoms with E-state index in [1.807, 2.05) is 33.3 Å². The molecular formula is C52H80NO7+. The van der Waals surface area contributed by atoms with Crippen LogP contribution in [0.3, 0.4) is 0 Å². The monoisotopic (exact) mass is 831 g/mol. The summed E-state index contributed by atoms with van der Waals surface area (Å²) in [6.07, 6.45) is 59.5. The fourth-order valence-electron chi connectivity index (χ4n) is 5.44. The zero-order chi connectivity index (χ0) is 44.2. The second kappa shape index (κ2) is 41.2. The first-order chi connectivity index (χ1) is 29.1. The van der Waals surface area contributed by atoms with Gasteiger partial charge in [-0.3, -0.25) is 9.59 Å². The second-order valence-corrected chi connectivity index (χ2v) is 15.2. The number of unbranched alkanes of at least 4 members (excludes halogenated alkanes) is 1. The van der Waals surface area contributed by atoms with Crippen molar-refractivity contribution in [2.75, 3.05) is 41.0 Å². The molecule has 0 aliphatic carbocycles. The first kappa shape index (κ1) is 55.5. The van der Waals surface area contributed by atoms with Crippen LogP contribution < -0.4 is 0 Å². The molecule has 334 valence electrons. The highest BCUT2D eigenvalue weighted by molar-refractivity contribution is 5.72. The fourth-order valence-corrected chi connectivity index (χ4v) is 5.44. The average Bonchev–Trinajstić information content (AvgIpc) is 3.21. The number of quaternary nitrogens is 1. The van der Waals surface area contributed by atoms with Gasteiger partial charge in [0.15, 0.2) is 12.1 Å². The Kier molecular flexibility index (Phi) is 38.1. The van der Waals surface area contributed by atoms with Gasteiger partial charge in [0.25, 0.3) is 0 Å². The van der Waals surface area contributed by atoms with Crippen molar-refractivity contribution in [1.29, 1.82) is 0 Å². The highest BCUT2D eigenvalue weighted by atomic mass is 16.6. The molecule has 0 saturated heterocycles. The molecule has 0 rings (SSSR count). The number of ether oxygens (including phenoxy) is 3. The predicted octanol–water partition coefficient (Wildman–Crippen LogP) is 12.4. The standard InChI is InChI=1S/C52H79NO7/c1-6-8-10-12-14-16-18-20-22-24-25-27-29-31-33-35-37-39-41-43-51(55)60-48(46-58-45-44-49(52(56)57)53(3,4)5)47-59-50(54)42-40-38-36-34-32-30-28-26-23-21-19-17-15-13-11-9-7-2/h8-11,14-17,20-23,25,27-28,30-31,33-34,36-37,39,48-49H,6-7,12-13,18-19,24,26,29,32,35,38,40-47H2,1-5H3/p+1/b10-8+,11-9+,16-14+,17-15+,22-20+,23-21+,27-25+,30-28+,33-31+,36-34+,39-37+. The summed E-state index contributed by atoms with van der Waals surface area (Å²) in [5.41, 5.74) is 0. The van der Waals surface area contributed by atoms with Gasteiger partial charge in [0, 0.05) is 19.3 Å². The number of likely N-dealkylation sites (N-methyl/N-ethyl adjacent to an activating group) is 1. The third-order valence-electron chi connectivity index (χ3n) is 8.81. The molecule has 0 aromatic carbocycles. The van der Waals surface area contributed by atoms with Crippen molar-refractivity contribution in [2.24, 2.45) is 0 Å². The van der Waals surface area contributed by atoms with Crippen LogP contribution in [0.5, 0.6) is 0 Å². The summed E-state index contributed by atoms with van der Waals surface area (Å²) < 4.78 is 17.1. The normalized spacial score (nSPS) is 14.2. The average molecular weight is 831 g/mol. The molecule has 0 aliphatic rings. The van der Waals surface area contributed by atoms with Gasteiger partial charge in [-0.2, -0.15) is 0 Å². The van der Waals surface area contributed by atoms with Crippen LogP contribution in [0, 0.1) is 0 Å². The lowest BCUT2D eigenvalue weighted by atomic mass is 10.1. The van der Waals surface area contributed by atoms with Crippen LogP contribution in [-0.2, 0) is 28.6 Å². The number of esters is 2. The highest BCUT2D eigenvalue weighted by Gasteiger charge is 2.31. The Morgan fingerprint density at radius 2 is 0.883 bits per heavy atom. The molecule has 0 fully saturated rings. The minimum Gasteiger partial charge on any atom is -0.477 e. The molecule has 0 amide bonds. The zero-order valence-corrected chi connectivity index (χ0v) is 37.8. The minimum atomic E-state index is -0.901. The Bertz CT molecular complexity index is 1430. The molecule has 0 bridgehead atoms. The lowest BCUT2D eigenvalue weighted by Gasteiger charge is -2.31. The Morgan fingerprint density at radius 3 is 1.27 bits per heavy atom. The second-order valence-electron chi connectivity index (χ2n) is 15.2. The SMILES string of the molecule is CC/C=C/C/C=C/C/C=C/C/C=C/C/C=C/C/C=C/CCC(=O)OC(COCCC(C(=O)O)[N+](C)(C)C)COC(=O)CCC/C=C/C/C=C/C/C=C/C/C=C/C/C=C/CC. The quantitative estimate of drug-likeness (QED) is 0.0288. The van der Waals surface area contributed by atoms with Crippen molar-refractivity contribution in [3.05, 3.63) is 134 Å². The lowest BCUT2D eigenvalue weighted by molar-refractivity contribution is -0.887. The van der Waals surface area contributed by atoms with Crippen LogP contribution >= 0.6 is 0 Å². The largest absolute Gasteiger partial charge is 0.477 e. The van der Waals surface area contributed by atoms with E-state index in [-0.39, 0.29) is 49.5 Å². The van der Waals surface area contributed by atoms with E-state index in [4.69, 9.17) is 14.2 Å². The van der Waals surface area contributed by atoms with Gasteiger partial charge in [-0.05, 0) is 89.9 Å². The van der Waals surface area contributed by atoms with Crippen LogP contribution in [0.4, 0.5) is 0 Å². The number of carboxylic acids is 1. The highest BCUT2D eigenvalue weighted by Crippen LogP contribution is 2.10. The van der Waals surface area contributed by atoms with Gasteiger partial charge in [-0.1, -0.05) is 148 Å². The number of hydrogen-bond donors (Lipinski definition) is 1. The van der Waals surface area contributed by atoms with Gasteiger partial charge in [0.2, 0.25) is 0 Å². The number of nitrogens with zero attached hydrogens (tertiary/aromatic N) is 1. The van der Waals surface area contributed by atoms with Crippen LogP contribution in [0.25, 0.3) is 0 Å². The van der Waals surface area contributed by atoms with Gasteiger partial charge < -0.3 is 23.8 Å². The summed E-state index contributed by atoms with van der Waals surface area (Å²) in [5, 5.41) is 9.62. The molecular weight excluding hydrogens is 751 g/mol. The predicted molar refractivity (Wildman–Crippen MR) is 251 cm³/mol. The van der Waals surface area contributed by atoms with E-state index in [2.05, 4.69) is 135 Å². The lowest BCUT2D eigenvalue weighted by Crippen LogP contribution is -2.50. The van der Waals surface area contributed by atoms with Crippen molar-refractivity contribution in [3.8, 4) is 0 Å². The Balaban J connectivity index is 4.60. The molecule has 8 heteroatoms. The van der Waals surface area contributed by atoms with Crippen LogP contribution in [0.15, 0.2) is 134 Å². The van der Waals surface area contributed by atoms with Gasteiger partial charge in [0.05, 0.1) is 34.4 Å². The number of carbonyl (C=O) groups is 3. The zero-order valence-electron chi connectivity index (χ0n) is 37.8. The Morgan fingerprint density at radius 1 is 0.500 bits per heavy atom. The van der Waals surface area contributed by atoms with Crippen molar-refractivity contribution in [1.82, 2.24) is 0 Å². The molecule has 60 heavy (non-hydrogen) atoms. The fraction of sp³-hybridized carbons (Fsp3) is 0.519. The minimum absolute atomic E-state index is 0.00243. The molecule has 0 saturated carbocycles. The van der Waals surface area contributed by atoms with Gasteiger partial charge >= 0.3 is 17.9 Å². The van der Waals surface area contributed by atoms with E-state index >= 15 is 0 Å². The Labute approximate surface area is 364 Å². The summed E-state index contributed by atoms with van der Waals surface area (Å²) >= 11 is 0. The molecule has 0 aromatic heterocycles. The molecule has 2 atom stereocenters. The number of allylic oxidation sites excluding steroid dienone is 22. The first-order valence-corrected chi connectivity index (χ1v) is 22.2. The van der Waals surface area contributed by atoms with Crippen LogP contribution in [0.2, 0.25) is 0 Å². The van der Waals surface area contributed by atoms with Crippen molar-refractivity contribution < 1.29 is 38.2 Å². The number of hydrogen-bond acceptors (Lipinski definition) is 6. The summed E-state index contributed by atoms with van der Waals surface area (Å²) in [5.74, 6) is -1.67. The molecule has 0 spiro atoms. The number of carbonyl (C=O) groups excluding carboxylic acids is 2. The summed E-state index contributed by atoms with van der Waals surface area (Å²) in [6, 6.07) is -0.645. The van der Waals surface area contributed by atoms with Crippen LogP contribution in [0.1, 0.15) is 123 Å². The third kappa shape index (κ3) is 39.0. The molecule has 0 heterocycles. The smallest absolute Gasteiger partial charge is 0.362 e. The maximum absolute atomic E-state index is 12.7. The number of rotatable bonds is 37. The summed E-state index contributed by atoms with van der Waals surface area (Å²) in [7, 11) is 5.46. The molecule has 0 radical (unpaired) electrons. The topological polar surface area (TPSA) is 99.1 Å². The number of aliphatic carboxylic acids is 1. The van der Waals surface area contributed by atoms with Crippen molar-refractivity contribution in [2.45, 2.75) is 135 Å². The molecule has 2 unspecified atom stereocenters. The maximum Gasteiger partial charge on any atom is 0.362 e. The van der Waals surface area contributed by atoms with Crippen molar-refractivity contribution in [3.63, 3.8) is 0 Å². The third-order valence-corrected chi connectivity index (χ3v) is 8.81. The van der Waals surface area contributed by atoms with E-state index in [1.165, 1.54) is 0 Å².